The molecule has 1 aromatic heterocycles. The van der Waals surface area contributed by atoms with Crippen molar-refractivity contribution in [3.63, 3.8) is 0 Å². The number of hydrogen-bond donors (Lipinski definition) is 1. The lowest BCUT2D eigenvalue weighted by Gasteiger charge is -2.09. The van der Waals surface area contributed by atoms with Gasteiger partial charge in [0.15, 0.2) is 0 Å². The third-order valence-corrected chi connectivity index (χ3v) is 4.76. The molecule has 0 bridgehead atoms. The number of sulfonamides is 1. The molecule has 0 fully saturated rings. The predicted octanol–water partition coefficient (Wildman–Crippen LogP) is 2.65. The van der Waals surface area contributed by atoms with Crippen molar-refractivity contribution in [3.05, 3.63) is 48.3 Å². The van der Waals surface area contributed by atoms with Crippen LogP contribution in [-0.4, -0.2) is 29.5 Å². The van der Waals surface area contributed by atoms with Crippen LogP contribution in [0, 0.1) is 5.82 Å². The molecule has 0 aliphatic heterocycles. The van der Waals surface area contributed by atoms with E-state index in [9.17, 15) is 12.8 Å². The number of halogens is 1. The third-order valence-electron chi connectivity index (χ3n) is 2.99. The minimum Gasteiger partial charge on any atom is -0.492 e. The Morgan fingerprint density at radius 2 is 1.91 bits per heavy atom. The van der Waals surface area contributed by atoms with E-state index in [1.54, 1.807) is 18.2 Å². The molecule has 2 aromatic carbocycles. The molecule has 0 aliphatic carbocycles. The lowest BCUT2D eigenvalue weighted by molar-refractivity contribution is 0.340. The second-order valence-corrected chi connectivity index (χ2v) is 7.03. The monoisotopic (exact) mass is 353 g/mol. The van der Waals surface area contributed by atoms with Crippen LogP contribution in [0.5, 0.6) is 5.75 Å². The van der Waals surface area contributed by atoms with Crippen molar-refractivity contribution in [1.82, 2.24) is 8.75 Å². The maximum Gasteiger partial charge on any atom is 0.236 e. The van der Waals surface area contributed by atoms with Crippen molar-refractivity contribution in [2.24, 2.45) is 0 Å². The number of rotatable bonds is 6. The highest BCUT2D eigenvalue weighted by molar-refractivity contribution is 7.92. The lowest BCUT2D eigenvalue weighted by Crippen LogP contribution is -2.21. The van der Waals surface area contributed by atoms with E-state index in [1.807, 2.05) is 0 Å². The third kappa shape index (κ3) is 3.93. The van der Waals surface area contributed by atoms with Gasteiger partial charge in [-0.15, -0.1) is 0 Å². The van der Waals surface area contributed by atoms with Gasteiger partial charge in [0.05, 0.1) is 17.4 Å². The van der Waals surface area contributed by atoms with Gasteiger partial charge in [0, 0.05) is 0 Å². The van der Waals surface area contributed by atoms with Crippen LogP contribution in [0.2, 0.25) is 0 Å². The summed E-state index contributed by atoms with van der Waals surface area (Å²) in [6, 6.07) is 10.5. The van der Waals surface area contributed by atoms with Gasteiger partial charge in [-0.2, -0.15) is 8.75 Å². The summed E-state index contributed by atoms with van der Waals surface area (Å²) in [6.45, 7) is -0.0493. The molecule has 0 radical (unpaired) electrons. The molecule has 3 rings (SSSR count). The Morgan fingerprint density at radius 3 is 2.70 bits per heavy atom. The lowest BCUT2D eigenvalue weighted by atomic mass is 10.3. The summed E-state index contributed by atoms with van der Waals surface area (Å²) in [5, 5.41) is 0. The SMILES string of the molecule is O=S(=O)(CCOc1ccc(F)cc1)Nc1cccc2nsnc12. The van der Waals surface area contributed by atoms with Gasteiger partial charge in [-0.05, 0) is 36.4 Å². The topological polar surface area (TPSA) is 81.2 Å². The fourth-order valence-corrected chi connectivity index (χ4v) is 3.36. The second-order valence-electron chi connectivity index (χ2n) is 4.66. The molecule has 3 aromatic rings. The van der Waals surface area contributed by atoms with E-state index in [1.165, 1.54) is 24.3 Å². The van der Waals surface area contributed by atoms with Crippen LogP contribution in [0.15, 0.2) is 42.5 Å². The first-order valence-corrected chi connectivity index (χ1v) is 9.02. The van der Waals surface area contributed by atoms with Crippen molar-refractivity contribution in [2.45, 2.75) is 0 Å². The molecule has 0 unspecified atom stereocenters. The summed E-state index contributed by atoms with van der Waals surface area (Å²) in [6.07, 6.45) is 0. The maximum atomic E-state index is 12.8. The first kappa shape index (κ1) is 15.6. The number of anilines is 1. The van der Waals surface area contributed by atoms with E-state index < -0.39 is 10.0 Å². The maximum absolute atomic E-state index is 12.8. The van der Waals surface area contributed by atoms with Crippen LogP contribution in [0.1, 0.15) is 0 Å². The second kappa shape index (κ2) is 6.47. The molecule has 0 atom stereocenters. The molecule has 9 heteroatoms. The minimum atomic E-state index is -3.59. The van der Waals surface area contributed by atoms with Crippen LogP contribution >= 0.6 is 11.7 Å². The minimum absolute atomic E-state index is 0.0493. The van der Waals surface area contributed by atoms with Gasteiger partial charge in [-0.25, -0.2) is 12.8 Å². The molecule has 0 saturated carbocycles. The average Bonchev–Trinajstić information content (AvgIpc) is 2.98. The Morgan fingerprint density at radius 1 is 1.13 bits per heavy atom. The molecule has 0 aliphatic rings. The molecule has 0 spiro atoms. The predicted molar refractivity (Wildman–Crippen MR) is 86.7 cm³/mol. The number of nitrogens with one attached hydrogen (secondary N) is 1. The average molecular weight is 353 g/mol. The van der Waals surface area contributed by atoms with Crippen molar-refractivity contribution in [1.29, 1.82) is 0 Å². The number of ether oxygens (including phenoxy) is 1. The quantitative estimate of drug-likeness (QED) is 0.737. The highest BCUT2D eigenvalue weighted by Crippen LogP contribution is 2.22. The Bertz CT molecular complexity index is 910. The van der Waals surface area contributed by atoms with Gasteiger partial charge in [0.1, 0.15) is 35.0 Å². The first-order chi connectivity index (χ1) is 11.0. The molecule has 1 N–H and O–H groups in total. The van der Waals surface area contributed by atoms with Gasteiger partial charge >= 0.3 is 0 Å². The molecular formula is C14H12FN3O3S2. The van der Waals surface area contributed by atoms with Crippen LogP contribution in [-0.2, 0) is 10.0 Å². The molecule has 1 heterocycles. The van der Waals surface area contributed by atoms with Crippen molar-refractivity contribution < 1.29 is 17.5 Å². The zero-order chi connectivity index (χ0) is 16.3. The highest BCUT2D eigenvalue weighted by Gasteiger charge is 2.14. The molecule has 23 heavy (non-hydrogen) atoms. The van der Waals surface area contributed by atoms with Gasteiger partial charge in [-0.3, -0.25) is 4.72 Å². The number of nitrogens with zero attached hydrogens (tertiary/aromatic N) is 2. The molecule has 6 nitrogen and oxygen atoms in total. The number of hydrogen-bond acceptors (Lipinski definition) is 6. The smallest absolute Gasteiger partial charge is 0.236 e. The summed E-state index contributed by atoms with van der Waals surface area (Å²) in [5.41, 5.74) is 1.54. The Hall–Kier alpha value is -2.26. The Kier molecular flexibility index (Phi) is 4.39. The van der Waals surface area contributed by atoms with Crippen LogP contribution in [0.4, 0.5) is 10.1 Å². The normalized spacial score (nSPS) is 11.5. The highest BCUT2D eigenvalue weighted by atomic mass is 32.2. The van der Waals surface area contributed by atoms with E-state index in [0.29, 0.717) is 22.5 Å². The zero-order valence-corrected chi connectivity index (χ0v) is 13.4. The summed E-state index contributed by atoms with van der Waals surface area (Å²) in [4.78, 5) is 0. The standard InChI is InChI=1S/C14H12FN3O3S2/c15-10-4-6-11(7-5-10)21-8-9-23(19,20)18-13-3-1-2-12-14(13)17-22-16-12/h1-7,18H,8-9H2. The van der Waals surface area contributed by atoms with Gasteiger partial charge in [0.25, 0.3) is 0 Å². The molecule has 0 amide bonds. The van der Waals surface area contributed by atoms with Crippen LogP contribution in [0.3, 0.4) is 0 Å². The van der Waals surface area contributed by atoms with E-state index >= 15 is 0 Å². The van der Waals surface area contributed by atoms with Crippen molar-refractivity contribution >= 4 is 38.5 Å². The van der Waals surface area contributed by atoms with Crippen LogP contribution < -0.4 is 9.46 Å². The number of aromatic nitrogens is 2. The van der Waals surface area contributed by atoms with Crippen LogP contribution in [0.25, 0.3) is 11.0 Å². The van der Waals surface area contributed by atoms with Gasteiger partial charge in [0.2, 0.25) is 10.0 Å². The summed E-state index contributed by atoms with van der Waals surface area (Å²) in [7, 11) is -3.59. The number of benzene rings is 2. The van der Waals surface area contributed by atoms with Crippen molar-refractivity contribution in [2.75, 3.05) is 17.1 Å². The fourth-order valence-electron chi connectivity index (χ4n) is 1.91. The first-order valence-electron chi connectivity index (χ1n) is 6.64. The number of fused-ring (bicyclic) bond motifs is 1. The van der Waals surface area contributed by atoms with E-state index in [2.05, 4.69) is 13.5 Å². The summed E-state index contributed by atoms with van der Waals surface area (Å²) in [5.74, 6) is -0.206. The Labute approximate surface area is 136 Å². The molecule has 120 valence electrons. The van der Waals surface area contributed by atoms with Gasteiger partial charge < -0.3 is 4.74 Å². The molecular weight excluding hydrogens is 341 g/mol. The fraction of sp³-hybridized carbons (Fsp3) is 0.143. The Balaban J connectivity index is 1.63. The van der Waals surface area contributed by atoms with E-state index in [0.717, 1.165) is 11.7 Å². The summed E-state index contributed by atoms with van der Waals surface area (Å²) >= 11 is 1.02. The molecule has 0 saturated heterocycles. The van der Waals surface area contributed by atoms with Crippen molar-refractivity contribution in [3.8, 4) is 5.75 Å². The van der Waals surface area contributed by atoms with Gasteiger partial charge in [-0.1, -0.05) is 6.07 Å². The summed E-state index contributed by atoms with van der Waals surface area (Å²) < 4.78 is 52.9. The van der Waals surface area contributed by atoms with E-state index in [4.69, 9.17) is 4.74 Å². The largest absolute Gasteiger partial charge is 0.492 e. The van der Waals surface area contributed by atoms with E-state index in [-0.39, 0.29) is 18.2 Å². The zero-order valence-electron chi connectivity index (χ0n) is 11.8.